The number of benzene rings is 4. The molecule has 0 atom stereocenters. The van der Waals surface area contributed by atoms with Gasteiger partial charge in [0.15, 0.2) is 0 Å². The average Bonchev–Trinajstić information content (AvgIpc) is 3.64. The zero-order valence-electron chi connectivity index (χ0n) is 22.3. The number of hydrogen-bond donors (Lipinski definition) is 0. The van der Waals surface area contributed by atoms with E-state index in [1.165, 1.54) is 0 Å². The molecule has 0 aliphatic carbocycles. The molecule has 0 saturated carbocycles. The van der Waals surface area contributed by atoms with Crippen LogP contribution in [0.3, 0.4) is 0 Å². The Balaban J connectivity index is 1.33. The molecule has 1 aliphatic rings. The second-order valence-corrected chi connectivity index (χ2v) is 11.2. The number of amides is 1. The van der Waals surface area contributed by atoms with Gasteiger partial charge in [-0.2, -0.15) is 0 Å². The van der Waals surface area contributed by atoms with Gasteiger partial charge in [-0.05, 0) is 41.8 Å². The van der Waals surface area contributed by atoms with Crippen LogP contribution in [0, 0.1) is 6.92 Å². The van der Waals surface area contributed by atoms with Gasteiger partial charge in [-0.15, -0.1) is 0 Å². The smallest absolute Gasteiger partial charge is 0.272 e. The lowest BCUT2D eigenvalue weighted by atomic mass is 9.76. The van der Waals surface area contributed by atoms with Gasteiger partial charge in [0.05, 0.1) is 35.8 Å². The van der Waals surface area contributed by atoms with Crippen molar-refractivity contribution in [2.75, 3.05) is 0 Å². The highest BCUT2D eigenvalue weighted by molar-refractivity contribution is 6.38. The summed E-state index contributed by atoms with van der Waals surface area (Å²) in [4.78, 5) is 20.3. The number of imidazole rings is 1. The molecule has 0 saturated heterocycles. The molecule has 0 N–H and O–H groups in total. The predicted molar refractivity (Wildman–Crippen MR) is 163 cm³/mol. The van der Waals surface area contributed by atoms with E-state index in [0.717, 1.165) is 39.0 Å². The Kier molecular flexibility index (Phi) is 6.22. The lowest BCUT2D eigenvalue weighted by Crippen LogP contribution is -2.38. The van der Waals surface area contributed by atoms with Crippen molar-refractivity contribution >= 4 is 40.0 Å². The topological polar surface area (TPSA) is 43.1 Å². The quantitative estimate of drug-likeness (QED) is 0.189. The molecule has 4 aromatic carbocycles. The molecule has 202 valence electrons. The van der Waals surface area contributed by atoms with Crippen LogP contribution >= 0.6 is 23.2 Å². The van der Waals surface area contributed by atoms with Gasteiger partial charge in [-0.1, -0.05) is 114 Å². The van der Waals surface area contributed by atoms with Crippen molar-refractivity contribution in [2.45, 2.75) is 25.7 Å². The number of hydrogen-bond acceptors (Lipinski definition) is 2. The van der Waals surface area contributed by atoms with Crippen LogP contribution < -0.4 is 0 Å². The first-order chi connectivity index (χ1) is 20.0. The Morgan fingerprint density at radius 1 is 0.805 bits per heavy atom. The molecular formula is C34H26Cl2N4O. The van der Waals surface area contributed by atoms with Crippen LogP contribution in [0.25, 0.3) is 10.9 Å². The number of rotatable bonds is 6. The highest BCUT2D eigenvalue weighted by atomic mass is 35.5. The highest BCUT2D eigenvalue weighted by Crippen LogP contribution is 2.42. The van der Waals surface area contributed by atoms with E-state index in [2.05, 4.69) is 84.3 Å². The van der Waals surface area contributed by atoms with Crippen molar-refractivity contribution in [2.24, 2.45) is 0 Å². The van der Waals surface area contributed by atoms with Gasteiger partial charge < -0.3 is 14.0 Å². The van der Waals surface area contributed by atoms with Crippen molar-refractivity contribution in [1.29, 1.82) is 0 Å². The molecule has 41 heavy (non-hydrogen) atoms. The summed E-state index contributed by atoms with van der Waals surface area (Å²) in [7, 11) is 0. The maximum absolute atomic E-state index is 13.5. The third-order valence-electron chi connectivity index (χ3n) is 8.11. The first-order valence-electron chi connectivity index (χ1n) is 13.5. The van der Waals surface area contributed by atoms with Crippen molar-refractivity contribution in [3.05, 3.63) is 159 Å². The minimum Gasteiger partial charge on any atom is -0.317 e. The Bertz CT molecular complexity index is 1800. The summed E-state index contributed by atoms with van der Waals surface area (Å²) in [6.07, 6.45) is 1.91. The van der Waals surface area contributed by atoms with Crippen LogP contribution in [0.1, 0.15) is 38.6 Å². The van der Waals surface area contributed by atoms with E-state index in [9.17, 15) is 4.79 Å². The van der Waals surface area contributed by atoms with Crippen LogP contribution in [-0.4, -0.2) is 24.9 Å². The summed E-state index contributed by atoms with van der Waals surface area (Å²) in [6, 6.07) is 37.0. The molecule has 2 aromatic heterocycles. The Morgan fingerprint density at radius 3 is 1.93 bits per heavy atom. The Hall–Kier alpha value is -4.32. The van der Waals surface area contributed by atoms with E-state index >= 15 is 0 Å². The summed E-state index contributed by atoms with van der Waals surface area (Å²) in [6.45, 7) is 2.86. The van der Waals surface area contributed by atoms with Gasteiger partial charge in [0.2, 0.25) is 0 Å². The predicted octanol–water partition coefficient (Wildman–Crippen LogP) is 7.91. The fourth-order valence-electron chi connectivity index (χ4n) is 6.25. The first kappa shape index (κ1) is 25.6. The number of aromatic nitrogens is 3. The molecule has 0 unspecified atom stereocenters. The Morgan fingerprint density at radius 2 is 1.37 bits per heavy atom. The van der Waals surface area contributed by atoms with E-state index in [-0.39, 0.29) is 5.91 Å². The molecule has 6 aromatic rings. The summed E-state index contributed by atoms with van der Waals surface area (Å²) in [5.41, 5.74) is 5.96. The third-order valence-corrected chi connectivity index (χ3v) is 8.62. The minimum atomic E-state index is -0.664. The van der Waals surface area contributed by atoms with Crippen LogP contribution in [0.5, 0.6) is 0 Å². The van der Waals surface area contributed by atoms with Crippen molar-refractivity contribution < 1.29 is 4.79 Å². The second kappa shape index (κ2) is 9.95. The summed E-state index contributed by atoms with van der Waals surface area (Å²) in [5.74, 6) is -0.0530. The van der Waals surface area contributed by atoms with Crippen LogP contribution in [0.15, 0.2) is 116 Å². The first-order valence-corrected chi connectivity index (χ1v) is 14.2. The number of fused-ring (bicyclic) bond motifs is 3. The van der Waals surface area contributed by atoms with Gasteiger partial charge in [0, 0.05) is 16.1 Å². The number of carbonyl (C=O) groups excluding carboxylic acids is 1. The van der Waals surface area contributed by atoms with Crippen LogP contribution in [0.4, 0.5) is 0 Å². The maximum Gasteiger partial charge on any atom is 0.272 e. The number of carbonyl (C=O) groups is 1. The largest absolute Gasteiger partial charge is 0.317 e. The van der Waals surface area contributed by atoms with Gasteiger partial charge in [-0.25, -0.2) is 4.98 Å². The lowest BCUT2D eigenvalue weighted by Gasteiger charge is -2.38. The van der Waals surface area contributed by atoms with Crippen molar-refractivity contribution in [3.8, 4) is 0 Å². The van der Waals surface area contributed by atoms with Gasteiger partial charge in [0.1, 0.15) is 11.2 Å². The van der Waals surface area contributed by atoms with Gasteiger partial charge >= 0.3 is 0 Å². The average molecular weight is 578 g/mol. The van der Waals surface area contributed by atoms with E-state index in [1.54, 1.807) is 6.07 Å². The monoisotopic (exact) mass is 576 g/mol. The lowest BCUT2D eigenvalue weighted by molar-refractivity contribution is 0.0755. The third kappa shape index (κ3) is 3.99. The summed E-state index contributed by atoms with van der Waals surface area (Å²) in [5, 5.41) is 1.95. The number of nitrogens with zero attached hydrogens (tertiary/aromatic N) is 4. The molecule has 0 bridgehead atoms. The fraction of sp³-hybridized carbons (Fsp3) is 0.118. The fourth-order valence-corrected chi connectivity index (χ4v) is 6.86. The maximum atomic E-state index is 13.5. The molecule has 0 spiro atoms. The second-order valence-electron chi connectivity index (χ2n) is 10.4. The van der Waals surface area contributed by atoms with E-state index in [0.29, 0.717) is 29.0 Å². The standard InChI is InChI=1S/C34H26Cl2N4O/c1-23-30(20-38-22-39-31(33(38)41)18-24-17-28(35)19-29(36)32(24)39)37-21-40(23)34(25-11-5-2-6-12-25,26-13-7-3-8-14-26)27-15-9-4-10-16-27/h2-19,21H,20,22H2,1H3. The molecule has 7 rings (SSSR count). The van der Waals surface area contributed by atoms with Gasteiger partial charge in [-0.3, -0.25) is 4.79 Å². The number of halogens is 2. The molecule has 5 nitrogen and oxygen atoms in total. The normalized spacial score (nSPS) is 13.2. The molecule has 0 radical (unpaired) electrons. The summed E-state index contributed by atoms with van der Waals surface area (Å²) >= 11 is 12.8. The van der Waals surface area contributed by atoms with Gasteiger partial charge in [0.25, 0.3) is 5.91 Å². The molecule has 7 heteroatoms. The molecule has 3 heterocycles. The molecule has 1 amide bonds. The molecule has 1 aliphatic heterocycles. The minimum absolute atomic E-state index is 0.0530. The van der Waals surface area contributed by atoms with Crippen LogP contribution in [0.2, 0.25) is 10.0 Å². The van der Waals surface area contributed by atoms with E-state index in [1.807, 2.05) is 46.1 Å². The summed E-state index contributed by atoms with van der Waals surface area (Å²) < 4.78 is 4.21. The van der Waals surface area contributed by atoms with E-state index in [4.69, 9.17) is 28.2 Å². The van der Waals surface area contributed by atoms with E-state index < -0.39 is 5.54 Å². The Labute approximate surface area is 248 Å². The molecule has 0 fully saturated rings. The zero-order chi connectivity index (χ0) is 28.1. The highest BCUT2D eigenvalue weighted by Gasteiger charge is 2.40. The zero-order valence-corrected chi connectivity index (χ0v) is 23.8. The van der Waals surface area contributed by atoms with Crippen molar-refractivity contribution in [1.82, 2.24) is 19.0 Å². The van der Waals surface area contributed by atoms with Crippen LogP contribution in [-0.2, 0) is 18.8 Å². The van der Waals surface area contributed by atoms with Crippen molar-refractivity contribution in [3.63, 3.8) is 0 Å². The SMILES string of the molecule is Cc1c(CN2Cn3c(cc4cc(Cl)cc(Cl)c43)C2=O)ncn1C(c1ccccc1)(c1ccccc1)c1ccccc1. The molecular weight excluding hydrogens is 551 g/mol.